The maximum absolute atomic E-state index is 5.53. The normalized spacial score (nSPS) is 25.0. The number of ether oxygens (including phenoxy) is 2. The maximum atomic E-state index is 5.53. The summed E-state index contributed by atoms with van der Waals surface area (Å²) in [5, 5.41) is 0. The van der Waals surface area contributed by atoms with Crippen LogP contribution >= 0.6 is 0 Å². The Balaban J connectivity index is 2.13. The molecule has 0 aromatic rings. The van der Waals surface area contributed by atoms with E-state index in [2.05, 4.69) is 13.2 Å². The molecular formula is C14H24O2. The molecule has 2 nitrogen and oxygen atoms in total. The van der Waals surface area contributed by atoms with Gasteiger partial charge in [0.1, 0.15) is 0 Å². The topological polar surface area (TPSA) is 18.5 Å². The molecular weight excluding hydrogens is 200 g/mol. The minimum atomic E-state index is 0.681. The van der Waals surface area contributed by atoms with Gasteiger partial charge in [-0.3, -0.25) is 0 Å². The molecule has 0 spiro atoms. The van der Waals surface area contributed by atoms with Gasteiger partial charge in [0, 0.05) is 6.61 Å². The van der Waals surface area contributed by atoms with Gasteiger partial charge in [-0.2, -0.15) is 0 Å². The van der Waals surface area contributed by atoms with Gasteiger partial charge >= 0.3 is 0 Å². The number of rotatable bonds is 8. The fourth-order valence-corrected chi connectivity index (χ4v) is 2.45. The second-order valence-electron chi connectivity index (χ2n) is 4.55. The van der Waals surface area contributed by atoms with Crippen molar-refractivity contribution in [1.29, 1.82) is 0 Å². The third-order valence-electron chi connectivity index (χ3n) is 3.24. The van der Waals surface area contributed by atoms with Crippen LogP contribution in [0, 0.1) is 11.8 Å². The molecule has 0 aromatic carbocycles. The maximum Gasteiger partial charge on any atom is 0.0875 e. The van der Waals surface area contributed by atoms with Crippen molar-refractivity contribution in [1.82, 2.24) is 0 Å². The molecule has 0 bridgehead atoms. The lowest BCUT2D eigenvalue weighted by Gasteiger charge is -2.28. The highest BCUT2D eigenvalue weighted by Crippen LogP contribution is 2.31. The first-order chi connectivity index (χ1) is 7.86. The molecule has 2 unspecified atom stereocenters. The Morgan fingerprint density at radius 3 is 2.75 bits per heavy atom. The Kier molecular flexibility index (Phi) is 6.98. The first-order valence-corrected chi connectivity index (χ1v) is 6.28. The van der Waals surface area contributed by atoms with Gasteiger partial charge in [0.2, 0.25) is 0 Å². The molecule has 0 radical (unpaired) electrons. The van der Waals surface area contributed by atoms with Crippen LogP contribution in [-0.2, 0) is 9.47 Å². The summed E-state index contributed by atoms with van der Waals surface area (Å²) in [6.45, 7) is 9.60. The van der Waals surface area contributed by atoms with E-state index in [-0.39, 0.29) is 0 Å². The Morgan fingerprint density at radius 1 is 1.19 bits per heavy atom. The van der Waals surface area contributed by atoms with Crippen molar-refractivity contribution >= 4 is 0 Å². The van der Waals surface area contributed by atoms with E-state index in [0.717, 1.165) is 31.5 Å². The minimum absolute atomic E-state index is 0.681. The van der Waals surface area contributed by atoms with E-state index in [4.69, 9.17) is 9.47 Å². The molecule has 1 saturated carbocycles. The van der Waals surface area contributed by atoms with Gasteiger partial charge < -0.3 is 9.47 Å². The molecule has 0 aromatic heterocycles. The summed E-state index contributed by atoms with van der Waals surface area (Å²) >= 11 is 0. The van der Waals surface area contributed by atoms with Crippen LogP contribution in [0.1, 0.15) is 32.1 Å². The lowest BCUT2D eigenvalue weighted by molar-refractivity contribution is 0.0858. The van der Waals surface area contributed by atoms with Gasteiger partial charge in [-0.15, -0.1) is 6.58 Å². The van der Waals surface area contributed by atoms with E-state index in [1.807, 2.05) is 6.08 Å². The standard InChI is InChI=1S/C14H24O2/c1-3-9-16-12-14-7-5-6-13(11-14)8-10-15-4-2/h3-4,13-14H,1-2,5-12H2. The Hall–Kier alpha value is -0.760. The molecule has 0 saturated heterocycles. The quantitative estimate of drug-likeness (QED) is 0.356. The fourth-order valence-electron chi connectivity index (χ4n) is 2.45. The van der Waals surface area contributed by atoms with E-state index in [1.54, 1.807) is 0 Å². The second-order valence-corrected chi connectivity index (χ2v) is 4.55. The van der Waals surface area contributed by atoms with Crippen molar-refractivity contribution < 1.29 is 9.47 Å². The van der Waals surface area contributed by atoms with Crippen LogP contribution in [0.15, 0.2) is 25.5 Å². The van der Waals surface area contributed by atoms with E-state index < -0.39 is 0 Å². The first-order valence-electron chi connectivity index (χ1n) is 6.28. The molecule has 1 rings (SSSR count). The minimum Gasteiger partial charge on any atom is -0.502 e. The Bertz CT molecular complexity index is 181. The second kappa shape index (κ2) is 8.40. The van der Waals surface area contributed by atoms with Crippen molar-refractivity contribution in [2.75, 3.05) is 19.8 Å². The zero-order chi connectivity index (χ0) is 11.6. The molecule has 0 amide bonds. The molecule has 16 heavy (non-hydrogen) atoms. The highest BCUT2D eigenvalue weighted by Gasteiger charge is 2.21. The van der Waals surface area contributed by atoms with Crippen LogP contribution in [0.2, 0.25) is 0 Å². The molecule has 1 fully saturated rings. The van der Waals surface area contributed by atoms with Gasteiger partial charge in [-0.1, -0.05) is 25.5 Å². The van der Waals surface area contributed by atoms with Crippen LogP contribution in [0.5, 0.6) is 0 Å². The lowest BCUT2D eigenvalue weighted by atomic mass is 9.80. The van der Waals surface area contributed by atoms with Gasteiger partial charge in [0.25, 0.3) is 0 Å². The third kappa shape index (κ3) is 5.36. The average molecular weight is 224 g/mol. The van der Waals surface area contributed by atoms with E-state index in [0.29, 0.717) is 6.61 Å². The predicted molar refractivity (Wildman–Crippen MR) is 67.2 cm³/mol. The summed E-state index contributed by atoms with van der Waals surface area (Å²) in [5.41, 5.74) is 0. The molecule has 0 N–H and O–H groups in total. The number of hydrogen-bond acceptors (Lipinski definition) is 2. The van der Waals surface area contributed by atoms with Crippen molar-refractivity contribution in [3.05, 3.63) is 25.5 Å². The van der Waals surface area contributed by atoms with Crippen molar-refractivity contribution in [3.8, 4) is 0 Å². The van der Waals surface area contributed by atoms with E-state index >= 15 is 0 Å². The van der Waals surface area contributed by atoms with Gasteiger partial charge in [0.15, 0.2) is 0 Å². The highest BCUT2D eigenvalue weighted by atomic mass is 16.5. The Labute approximate surface area is 99.3 Å². The summed E-state index contributed by atoms with van der Waals surface area (Å²) in [6.07, 6.45) is 9.79. The summed E-state index contributed by atoms with van der Waals surface area (Å²) in [6, 6.07) is 0. The van der Waals surface area contributed by atoms with Crippen LogP contribution in [-0.4, -0.2) is 19.8 Å². The van der Waals surface area contributed by atoms with E-state index in [1.165, 1.54) is 31.9 Å². The summed E-state index contributed by atoms with van der Waals surface area (Å²) in [4.78, 5) is 0. The Morgan fingerprint density at radius 2 is 2.00 bits per heavy atom. The molecule has 1 aliphatic rings. The van der Waals surface area contributed by atoms with Crippen LogP contribution in [0.4, 0.5) is 0 Å². The van der Waals surface area contributed by atoms with Crippen LogP contribution in [0.3, 0.4) is 0 Å². The van der Waals surface area contributed by atoms with Crippen molar-refractivity contribution in [2.24, 2.45) is 11.8 Å². The van der Waals surface area contributed by atoms with Gasteiger partial charge in [-0.25, -0.2) is 0 Å². The molecule has 0 aliphatic heterocycles. The number of hydrogen-bond donors (Lipinski definition) is 0. The molecule has 0 heterocycles. The average Bonchev–Trinajstić information content (AvgIpc) is 2.30. The van der Waals surface area contributed by atoms with Gasteiger partial charge in [0.05, 0.1) is 19.5 Å². The van der Waals surface area contributed by atoms with Crippen molar-refractivity contribution in [3.63, 3.8) is 0 Å². The molecule has 2 heteroatoms. The SMILES string of the molecule is C=CCOCC1CCCC(CCOC=C)C1. The molecule has 2 atom stereocenters. The molecule has 1 aliphatic carbocycles. The first kappa shape index (κ1) is 13.3. The predicted octanol–water partition coefficient (Wildman–Crippen LogP) is 3.55. The zero-order valence-corrected chi connectivity index (χ0v) is 10.2. The van der Waals surface area contributed by atoms with Crippen molar-refractivity contribution in [2.45, 2.75) is 32.1 Å². The lowest BCUT2D eigenvalue weighted by Crippen LogP contribution is -2.20. The molecule has 92 valence electrons. The smallest absolute Gasteiger partial charge is 0.0875 e. The zero-order valence-electron chi connectivity index (χ0n) is 10.2. The fraction of sp³-hybridized carbons (Fsp3) is 0.714. The van der Waals surface area contributed by atoms with Crippen LogP contribution in [0.25, 0.3) is 0 Å². The summed E-state index contributed by atoms with van der Waals surface area (Å²) in [7, 11) is 0. The van der Waals surface area contributed by atoms with Crippen LogP contribution < -0.4 is 0 Å². The highest BCUT2D eigenvalue weighted by molar-refractivity contribution is 4.74. The summed E-state index contributed by atoms with van der Waals surface area (Å²) < 4.78 is 10.7. The largest absolute Gasteiger partial charge is 0.502 e. The third-order valence-corrected chi connectivity index (χ3v) is 3.24. The van der Waals surface area contributed by atoms with E-state index in [9.17, 15) is 0 Å². The summed E-state index contributed by atoms with van der Waals surface area (Å²) in [5.74, 6) is 1.55. The van der Waals surface area contributed by atoms with Gasteiger partial charge in [-0.05, 0) is 31.1 Å². The monoisotopic (exact) mass is 224 g/mol.